The van der Waals surface area contributed by atoms with Gasteiger partial charge in [0.05, 0.1) is 0 Å². The Hall–Kier alpha value is -1.39. The molecule has 0 atom stereocenters. The van der Waals surface area contributed by atoms with Gasteiger partial charge in [0.1, 0.15) is 0 Å². The van der Waals surface area contributed by atoms with Crippen LogP contribution in [0.5, 0.6) is 0 Å². The van der Waals surface area contributed by atoms with Crippen LogP contribution in [0.2, 0.25) is 0 Å². The molecule has 1 aromatic carbocycles. The van der Waals surface area contributed by atoms with Gasteiger partial charge in [-0.2, -0.15) is 0 Å². The minimum absolute atomic E-state index is 0.339. The monoisotopic (exact) mass is 247 g/mol. The van der Waals surface area contributed by atoms with Gasteiger partial charge in [-0.15, -0.1) is 0 Å². The fourth-order valence-electron chi connectivity index (χ4n) is 2.33. The first-order valence-corrected chi connectivity index (χ1v) is 6.55. The molecule has 1 fully saturated rings. The molecule has 1 aromatic rings. The zero-order valence-corrected chi connectivity index (χ0v) is 10.9. The Kier molecular flexibility index (Phi) is 4.33. The summed E-state index contributed by atoms with van der Waals surface area (Å²) in [5.41, 5.74) is 7.09. The lowest BCUT2D eigenvalue weighted by molar-refractivity contribution is 0.0994. The van der Waals surface area contributed by atoms with Crippen LogP contribution in [0.25, 0.3) is 0 Å². The molecule has 4 nitrogen and oxygen atoms in total. The summed E-state index contributed by atoms with van der Waals surface area (Å²) >= 11 is 0. The van der Waals surface area contributed by atoms with Gasteiger partial charge in [-0.25, -0.2) is 0 Å². The molecule has 1 saturated heterocycles. The van der Waals surface area contributed by atoms with Crippen LogP contribution in [0, 0.1) is 0 Å². The molecule has 1 heterocycles. The Balaban J connectivity index is 2.12. The molecule has 0 unspecified atom stereocenters. The van der Waals surface area contributed by atoms with Gasteiger partial charge in [-0.3, -0.25) is 9.69 Å². The third-order valence-electron chi connectivity index (χ3n) is 3.44. The molecule has 2 rings (SSSR count). The van der Waals surface area contributed by atoms with Crippen molar-refractivity contribution in [2.24, 2.45) is 5.73 Å². The molecule has 0 aromatic heterocycles. The van der Waals surface area contributed by atoms with E-state index in [2.05, 4.69) is 17.1 Å². The highest BCUT2D eigenvalue weighted by Crippen LogP contribution is 2.15. The van der Waals surface area contributed by atoms with Gasteiger partial charge in [-0.05, 0) is 24.6 Å². The molecule has 4 heteroatoms. The second kappa shape index (κ2) is 5.98. The Labute approximate surface area is 108 Å². The lowest BCUT2D eigenvalue weighted by Crippen LogP contribution is -2.57. The van der Waals surface area contributed by atoms with Gasteiger partial charge in [0.15, 0.2) is 0 Å². The number of carbonyl (C=O) groups is 1. The van der Waals surface area contributed by atoms with E-state index >= 15 is 0 Å². The van der Waals surface area contributed by atoms with E-state index in [4.69, 9.17) is 5.73 Å². The van der Waals surface area contributed by atoms with Crippen molar-refractivity contribution in [2.75, 3.05) is 19.6 Å². The fraction of sp³-hybridized carbons (Fsp3) is 0.500. The van der Waals surface area contributed by atoms with Crippen LogP contribution in [0.15, 0.2) is 24.3 Å². The molecular formula is C14H21N3O. The topological polar surface area (TPSA) is 58.4 Å². The highest BCUT2D eigenvalue weighted by atomic mass is 16.1. The number of hydrogen-bond donors (Lipinski definition) is 2. The molecular weight excluding hydrogens is 226 g/mol. The third-order valence-corrected chi connectivity index (χ3v) is 3.44. The van der Waals surface area contributed by atoms with E-state index in [1.807, 2.05) is 18.2 Å². The number of carbonyl (C=O) groups excluding carboxylic acids is 1. The zero-order valence-electron chi connectivity index (χ0n) is 10.9. The Bertz CT molecular complexity index is 415. The quantitative estimate of drug-likeness (QED) is 0.787. The van der Waals surface area contributed by atoms with E-state index in [1.165, 1.54) is 0 Å². The van der Waals surface area contributed by atoms with E-state index in [0.717, 1.165) is 38.2 Å². The summed E-state index contributed by atoms with van der Waals surface area (Å²) < 4.78 is 0. The molecule has 0 spiro atoms. The number of benzene rings is 1. The summed E-state index contributed by atoms with van der Waals surface area (Å²) in [4.78, 5) is 13.8. The molecule has 1 amide bonds. The summed E-state index contributed by atoms with van der Waals surface area (Å²) in [6.45, 7) is 6.12. The standard InChI is InChI=1S/C14H21N3O/c1-2-7-17(12-8-16-9-12)10-11-5-3-4-6-13(11)14(15)18/h3-6,12,16H,2,7-10H2,1H3,(H2,15,18). The van der Waals surface area contributed by atoms with Crippen molar-refractivity contribution < 1.29 is 4.79 Å². The summed E-state index contributed by atoms with van der Waals surface area (Å²) in [5, 5.41) is 3.29. The lowest BCUT2D eigenvalue weighted by Gasteiger charge is -2.38. The predicted molar refractivity (Wildman–Crippen MR) is 72.3 cm³/mol. The number of nitrogens with zero attached hydrogens (tertiary/aromatic N) is 1. The molecule has 98 valence electrons. The van der Waals surface area contributed by atoms with Gasteiger partial charge in [0, 0.05) is 31.2 Å². The van der Waals surface area contributed by atoms with Crippen LogP contribution in [0.1, 0.15) is 29.3 Å². The Morgan fingerprint density at radius 3 is 2.72 bits per heavy atom. The van der Waals surface area contributed by atoms with Gasteiger partial charge < -0.3 is 11.1 Å². The normalized spacial score (nSPS) is 15.7. The first-order valence-electron chi connectivity index (χ1n) is 6.55. The fourth-order valence-corrected chi connectivity index (χ4v) is 2.33. The molecule has 1 aliphatic heterocycles. The van der Waals surface area contributed by atoms with Crippen molar-refractivity contribution in [1.29, 1.82) is 0 Å². The summed E-state index contributed by atoms with van der Waals surface area (Å²) in [5.74, 6) is -0.339. The van der Waals surface area contributed by atoms with E-state index in [0.29, 0.717) is 11.6 Å². The number of primary amides is 1. The van der Waals surface area contributed by atoms with Crippen LogP contribution < -0.4 is 11.1 Å². The van der Waals surface area contributed by atoms with Gasteiger partial charge in [0.2, 0.25) is 5.91 Å². The van der Waals surface area contributed by atoms with Crippen molar-refractivity contribution >= 4 is 5.91 Å². The first kappa shape index (κ1) is 13.1. The Morgan fingerprint density at radius 2 is 2.17 bits per heavy atom. The molecule has 18 heavy (non-hydrogen) atoms. The average molecular weight is 247 g/mol. The average Bonchev–Trinajstić information content (AvgIpc) is 2.27. The zero-order chi connectivity index (χ0) is 13.0. The van der Waals surface area contributed by atoms with Crippen LogP contribution in [0.4, 0.5) is 0 Å². The number of nitrogens with two attached hydrogens (primary N) is 1. The van der Waals surface area contributed by atoms with E-state index in [-0.39, 0.29) is 5.91 Å². The maximum atomic E-state index is 11.4. The highest BCUT2D eigenvalue weighted by molar-refractivity contribution is 5.94. The van der Waals surface area contributed by atoms with E-state index in [1.54, 1.807) is 6.07 Å². The number of hydrogen-bond acceptors (Lipinski definition) is 3. The molecule has 0 aliphatic carbocycles. The second-order valence-corrected chi connectivity index (χ2v) is 4.80. The van der Waals surface area contributed by atoms with Gasteiger partial charge in [0.25, 0.3) is 0 Å². The van der Waals surface area contributed by atoms with Gasteiger partial charge >= 0.3 is 0 Å². The summed E-state index contributed by atoms with van der Waals surface area (Å²) in [6, 6.07) is 8.21. The molecule has 0 saturated carbocycles. The molecule has 1 aliphatic rings. The Morgan fingerprint density at radius 1 is 1.44 bits per heavy atom. The van der Waals surface area contributed by atoms with Crippen LogP contribution in [0.3, 0.4) is 0 Å². The maximum Gasteiger partial charge on any atom is 0.249 e. The van der Waals surface area contributed by atoms with Crippen molar-refractivity contribution in [3.8, 4) is 0 Å². The molecule has 0 radical (unpaired) electrons. The number of amides is 1. The lowest BCUT2D eigenvalue weighted by atomic mass is 10.0. The summed E-state index contributed by atoms with van der Waals surface area (Å²) in [6.07, 6.45) is 1.12. The molecule has 0 bridgehead atoms. The first-order chi connectivity index (χ1) is 8.72. The minimum atomic E-state index is -0.339. The van der Waals surface area contributed by atoms with E-state index < -0.39 is 0 Å². The predicted octanol–water partition coefficient (Wildman–Crippen LogP) is 0.969. The van der Waals surface area contributed by atoms with Crippen molar-refractivity contribution in [3.05, 3.63) is 35.4 Å². The second-order valence-electron chi connectivity index (χ2n) is 4.80. The largest absolute Gasteiger partial charge is 0.366 e. The van der Waals surface area contributed by atoms with Crippen LogP contribution in [-0.2, 0) is 6.54 Å². The number of rotatable bonds is 6. The van der Waals surface area contributed by atoms with Gasteiger partial charge in [-0.1, -0.05) is 25.1 Å². The third kappa shape index (κ3) is 2.89. The highest BCUT2D eigenvalue weighted by Gasteiger charge is 2.24. The van der Waals surface area contributed by atoms with Crippen molar-refractivity contribution in [2.45, 2.75) is 25.9 Å². The summed E-state index contributed by atoms with van der Waals surface area (Å²) in [7, 11) is 0. The minimum Gasteiger partial charge on any atom is -0.366 e. The van der Waals surface area contributed by atoms with Crippen LogP contribution in [-0.4, -0.2) is 36.5 Å². The molecule has 3 N–H and O–H groups in total. The SMILES string of the molecule is CCCN(Cc1ccccc1C(N)=O)C1CNC1. The van der Waals surface area contributed by atoms with Crippen molar-refractivity contribution in [3.63, 3.8) is 0 Å². The maximum absolute atomic E-state index is 11.4. The smallest absolute Gasteiger partial charge is 0.249 e. The van der Waals surface area contributed by atoms with E-state index in [9.17, 15) is 4.79 Å². The van der Waals surface area contributed by atoms with Crippen LogP contribution >= 0.6 is 0 Å². The number of nitrogens with one attached hydrogen (secondary N) is 1. The van der Waals surface area contributed by atoms with Crippen molar-refractivity contribution in [1.82, 2.24) is 10.2 Å².